The Bertz CT molecular complexity index is 475. The molecular formula is C13H19N3O3. The Hall–Kier alpha value is -1.85. The van der Waals surface area contributed by atoms with E-state index in [9.17, 15) is 9.59 Å². The van der Waals surface area contributed by atoms with E-state index in [0.29, 0.717) is 5.69 Å². The van der Waals surface area contributed by atoms with Crippen molar-refractivity contribution in [1.29, 1.82) is 0 Å². The monoisotopic (exact) mass is 265 g/mol. The smallest absolute Gasteiger partial charge is 0.339 e. The maximum Gasteiger partial charge on any atom is 0.339 e. The Kier molecular flexibility index (Phi) is 4.19. The molecule has 0 saturated heterocycles. The molecule has 1 aliphatic rings. The molecule has 2 N–H and O–H groups in total. The molecule has 1 aromatic heterocycles. The average Bonchev–Trinajstić information content (AvgIpc) is 2.71. The summed E-state index contributed by atoms with van der Waals surface area (Å²) in [6.45, 7) is 1.70. The predicted octanol–water partition coefficient (Wildman–Crippen LogP) is 1.34. The molecule has 1 aliphatic carbocycles. The van der Waals surface area contributed by atoms with Crippen LogP contribution in [0, 0.1) is 6.92 Å². The van der Waals surface area contributed by atoms with Gasteiger partial charge >= 0.3 is 5.97 Å². The van der Waals surface area contributed by atoms with E-state index in [-0.39, 0.29) is 24.1 Å². The minimum Gasteiger partial charge on any atom is -0.478 e. The molecular weight excluding hydrogens is 246 g/mol. The Morgan fingerprint density at radius 1 is 1.42 bits per heavy atom. The molecule has 1 amide bonds. The number of nitrogens with zero attached hydrogens (tertiary/aromatic N) is 2. The van der Waals surface area contributed by atoms with Crippen LogP contribution in [0.25, 0.3) is 0 Å². The van der Waals surface area contributed by atoms with E-state index in [4.69, 9.17) is 5.11 Å². The minimum atomic E-state index is -1.02. The summed E-state index contributed by atoms with van der Waals surface area (Å²) in [5, 5.41) is 15.9. The number of carboxylic acid groups (broad SMARTS) is 1. The van der Waals surface area contributed by atoms with Crippen LogP contribution >= 0.6 is 0 Å². The number of hydrogen-bond acceptors (Lipinski definition) is 3. The van der Waals surface area contributed by atoms with Gasteiger partial charge in [-0.15, -0.1) is 0 Å². The number of carbonyl (C=O) groups excluding carboxylic acids is 1. The van der Waals surface area contributed by atoms with Crippen molar-refractivity contribution in [1.82, 2.24) is 15.1 Å². The number of hydrogen-bond donors (Lipinski definition) is 2. The molecule has 1 heterocycles. The summed E-state index contributed by atoms with van der Waals surface area (Å²) in [5.41, 5.74) is 0.573. The van der Waals surface area contributed by atoms with Crippen LogP contribution in [-0.2, 0) is 11.3 Å². The number of carbonyl (C=O) groups is 2. The van der Waals surface area contributed by atoms with Gasteiger partial charge in [-0.1, -0.05) is 19.3 Å². The van der Waals surface area contributed by atoms with E-state index in [0.717, 1.165) is 25.7 Å². The summed E-state index contributed by atoms with van der Waals surface area (Å²) in [6.07, 6.45) is 7.03. The van der Waals surface area contributed by atoms with Crippen molar-refractivity contribution >= 4 is 11.9 Å². The van der Waals surface area contributed by atoms with Crippen molar-refractivity contribution in [3.8, 4) is 0 Å². The third-order valence-electron chi connectivity index (χ3n) is 3.45. The number of aromatic carboxylic acids is 1. The zero-order valence-electron chi connectivity index (χ0n) is 11.1. The van der Waals surface area contributed by atoms with E-state index >= 15 is 0 Å². The van der Waals surface area contributed by atoms with Gasteiger partial charge in [-0.2, -0.15) is 5.10 Å². The Labute approximate surface area is 111 Å². The van der Waals surface area contributed by atoms with E-state index in [1.54, 1.807) is 6.92 Å². The highest BCUT2D eigenvalue weighted by atomic mass is 16.4. The van der Waals surface area contributed by atoms with Gasteiger partial charge in [0.2, 0.25) is 5.91 Å². The summed E-state index contributed by atoms with van der Waals surface area (Å²) in [6, 6.07) is 0.261. The summed E-state index contributed by atoms with van der Waals surface area (Å²) in [5.74, 6) is -1.12. The van der Waals surface area contributed by atoms with Crippen molar-refractivity contribution in [3.63, 3.8) is 0 Å². The van der Waals surface area contributed by atoms with Gasteiger partial charge in [0.05, 0.1) is 5.69 Å². The molecule has 2 rings (SSSR count). The zero-order valence-corrected chi connectivity index (χ0v) is 11.1. The maximum absolute atomic E-state index is 11.9. The average molecular weight is 265 g/mol. The number of amides is 1. The number of carboxylic acids is 1. The van der Waals surface area contributed by atoms with E-state index < -0.39 is 5.97 Å². The predicted molar refractivity (Wildman–Crippen MR) is 68.9 cm³/mol. The number of aromatic nitrogens is 2. The summed E-state index contributed by atoms with van der Waals surface area (Å²) in [7, 11) is 0. The van der Waals surface area contributed by atoms with Crippen molar-refractivity contribution in [2.45, 2.75) is 51.6 Å². The summed E-state index contributed by atoms with van der Waals surface area (Å²) in [4.78, 5) is 22.7. The quantitative estimate of drug-likeness (QED) is 0.860. The van der Waals surface area contributed by atoms with Crippen LogP contribution in [-0.4, -0.2) is 32.8 Å². The second kappa shape index (κ2) is 5.86. The van der Waals surface area contributed by atoms with Crippen LogP contribution in [0.3, 0.4) is 0 Å². The highest BCUT2D eigenvalue weighted by Gasteiger charge is 2.17. The molecule has 0 aliphatic heterocycles. The first-order valence-corrected chi connectivity index (χ1v) is 6.63. The molecule has 0 radical (unpaired) electrons. The van der Waals surface area contributed by atoms with Crippen molar-refractivity contribution in [2.24, 2.45) is 0 Å². The fraction of sp³-hybridized carbons (Fsp3) is 0.615. The van der Waals surface area contributed by atoms with E-state index in [1.165, 1.54) is 17.3 Å². The molecule has 6 nitrogen and oxygen atoms in total. The standard InChI is InChI=1S/C13H19N3O3/c1-9-11(13(18)19)7-16(15-9)8-12(17)14-10-5-3-2-4-6-10/h7,10H,2-6,8H2,1H3,(H,14,17)(H,18,19). The van der Waals surface area contributed by atoms with Gasteiger partial charge < -0.3 is 10.4 Å². The highest BCUT2D eigenvalue weighted by molar-refractivity contribution is 5.88. The molecule has 0 atom stereocenters. The molecule has 104 valence electrons. The molecule has 6 heteroatoms. The van der Waals surface area contributed by atoms with Crippen molar-refractivity contribution in [2.75, 3.05) is 0 Å². The fourth-order valence-electron chi connectivity index (χ4n) is 2.48. The first-order chi connectivity index (χ1) is 9.06. The number of nitrogens with one attached hydrogen (secondary N) is 1. The second-order valence-corrected chi connectivity index (χ2v) is 5.03. The fourth-order valence-corrected chi connectivity index (χ4v) is 2.48. The molecule has 1 saturated carbocycles. The molecule has 0 aromatic carbocycles. The van der Waals surface area contributed by atoms with Gasteiger partial charge in [0.25, 0.3) is 0 Å². The Balaban J connectivity index is 1.91. The van der Waals surface area contributed by atoms with Crippen molar-refractivity contribution in [3.05, 3.63) is 17.5 Å². The Morgan fingerprint density at radius 3 is 2.68 bits per heavy atom. The van der Waals surface area contributed by atoms with Crippen molar-refractivity contribution < 1.29 is 14.7 Å². The van der Waals surface area contributed by atoms with Gasteiger partial charge in [0.15, 0.2) is 0 Å². The van der Waals surface area contributed by atoms with Gasteiger partial charge in [-0.3, -0.25) is 9.48 Å². The molecule has 19 heavy (non-hydrogen) atoms. The molecule has 0 spiro atoms. The van der Waals surface area contributed by atoms with Crippen LogP contribution in [0.1, 0.15) is 48.2 Å². The molecule has 0 unspecified atom stereocenters. The molecule has 0 bridgehead atoms. The van der Waals surface area contributed by atoms with Crippen LogP contribution < -0.4 is 5.32 Å². The van der Waals surface area contributed by atoms with Crippen LogP contribution in [0.15, 0.2) is 6.20 Å². The van der Waals surface area contributed by atoms with E-state index in [1.807, 2.05) is 0 Å². The van der Waals surface area contributed by atoms with Gasteiger partial charge in [-0.05, 0) is 19.8 Å². The van der Waals surface area contributed by atoms with E-state index in [2.05, 4.69) is 10.4 Å². The Morgan fingerprint density at radius 2 is 2.11 bits per heavy atom. The van der Waals surface area contributed by atoms with Gasteiger partial charge in [0, 0.05) is 12.2 Å². The largest absolute Gasteiger partial charge is 0.478 e. The SMILES string of the molecule is Cc1nn(CC(=O)NC2CCCCC2)cc1C(=O)O. The second-order valence-electron chi connectivity index (χ2n) is 5.03. The third kappa shape index (κ3) is 3.56. The van der Waals surface area contributed by atoms with Gasteiger partial charge in [-0.25, -0.2) is 4.79 Å². The van der Waals surface area contributed by atoms with Crippen LogP contribution in [0.2, 0.25) is 0 Å². The molecule has 1 aromatic rings. The zero-order chi connectivity index (χ0) is 13.8. The molecule has 1 fully saturated rings. The lowest BCUT2D eigenvalue weighted by atomic mass is 9.95. The minimum absolute atomic E-state index is 0.0740. The van der Waals surface area contributed by atoms with Crippen LogP contribution in [0.5, 0.6) is 0 Å². The maximum atomic E-state index is 11.9. The van der Waals surface area contributed by atoms with Gasteiger partial charge in [0.1, 0.15) is 12.1 Å². The topological polar surface area (TPSA) is 84.2 Å². The highest BCUT2D eigenvalue weighted by Crippen LogP contribution is 2.17. The lowest BCUT2D eigenvalue weighted by molar-refractivity contribution is -0.122. The third-order valence-corrected chi connectivity index (χ3v) is 3.45. The summed E-state index contributed by atoms with van der Waals surface area (Å²) < 4.78 is 1.39. The number of rotatable bonds is 4. The normalized spacial score (nSPS) is 16.3. The lowest BCUT2D eigenvalue weighted by Crippen LogP contribution is -2.38. The summed E-state index contributed by atoms with van der Waals surface area (Å²) >= 11 is 0. The first kappa shape index (κ1) is 13.6. The lowest BCUT2D eigenvalue weighted by Gasteiger charge is -2.22. The number of aryl methyl sites for hydroxylation is 1. The first-order valence-electron chi connectivity index (χ1n) is 6.63. The van der Waals surface area contributed by atoms with Crippen LogP contribution in [0.4, 0.5) is 0 Å².